The molecule has 3 aliphatic heterocycles. The number of ether oxygens (including phenoxy) is 1. The highest BCUT2D eigenvalue weighted by Crippen LogP contribution is 2.34. The molecule has 1 spiro atoms. The molecule has 1 aromatic rings. The highest BCUT2D eigenvalue weighted by Gasteiger charge is 2.44. The maximum Gasteiger partial charge on any atom is 0.258 e. The van der Waals surface area contributed by atoms with Crippen molar-refractivity contribution in [3.05, 3.63) is 29.8 Å². The number of nitrogens with two attached hydrogens (primary N) is 1. The maximum absolute atomic E-state index is 13.0. The molecule has 4 rings (SSSR count). The van der Waals surface area contributed by atoms with Crippen LogP contribution in [-0.2, 0) is 14.4 Å². The van der Waals surface area contributed by atoms with E-state index in [-0.39, 0.29) is 36.0 Å². The number of nitrogens with one attached hydrogen (secondary N) is 1. The number of hydrogen-bond acceptors (Lipinski definition) is 5. The zero-order valence-corrected chi connectivity index (χ0v) is 17.6. The summed E-state index contributed by atoms with van der Waals surface area (Å²) in [5.74, 6) is -0.511. The average molecular weight is 428 g/mol. The fourth-order valence-electron chi connectivity index (χ4n) is 4.68. The van der Waals surface area contributed by atoms with Gasteiger partial charge in [-0.05, 0) is 31.9 Å². The van der Waals surface area contributed by atoms with Gasteiger partial charge in [-0.25, -0.2) is 0 Å². The van der Waals surface area contributed by atoms with Crippen molar-refractivity contribution in [2.75, 3.05) is 19.6 Å². The van der Waals surface area contributed by atoms with E-state index in [4.69, 9.17) is 10.5 Å². The molecule has 9 nitrogen and oxygen atoms in total. The van der Waals surface area contributed by atoms with E-state index in [1.54, 1.807) is 41.0 Å². The summed E-state index contributed by atoms with van der Waals surface area (Å²) in [6, 6.07) is 6.41. The van der Waals surface area contributed by atoms with E-state index in [9.17, 15) is 19.2 Å². The second-order valence-electron chi connectivity index (χ2n) is 8.56. The summed E-state index contributed by atoms with van der Waals surface area (Å²) in [5.41, 5.74) is 4.89. The summed E-state index contributed by atoms with van der Waals surface area (Å²) in [5, 5.41) is 2.94. The average Bonchev–Trinajstić information content (AvgIpc) is 2.92. The third-order valence-electron chi connectivity index (χ3n) is 6.63. The maximum atomic E-state index is 13.0. The molecule has 4 amide bonds. The van der Waals surface area contributed by atoms with E-state index in [0.29, 0.717) is 56.6 Å². The summed E-state index contributed by atoms with van der Waals surface area (Å²) in [6.45, 7) is 2.94. The van der Waals surface area contributed by atoms with Crippen molar-refractivity contribution in [2.45, 2.75) is 50.8 Å². The van der Waals surface area contributed by atoms with Gasteiger partial charge in [0.05, 0.1) is 5.56 Å². The topological polar surface area (TPSA) is 122 Å². The summed E-state index contributed by atoms with van der Waals surface area (Å²) < 4.78 is 6.15. The van der Waals surface area contributed by atoms with Crippen LogP contribution >= 0.6 is 0 Å². The largest absolute Gasteiger partial charge is 0.467 e. The molecule has 2 saturated heterocycles. The Labute approximate surface area is 180 Å². The molecule has 2 atom stereocenters. The van der Waals surface area contributed by atoms with Gasteiger partial charge in [0.15, 0.2) is 5.72 Å². The van der Waals surface area contributed by atoms with Crippen LogP contribution in [0.5, 0.6) is 5.75 Å². The third-order valence-corrected chi connectivity index (χ3v) is 6.63. The van der Waals surface area contributed by atoms with Crippen molar-refractivity contribution in [3.8, 4) is 5.75 Å². The van der Waals surface area contributed by atoms with Crippen molar-refractivity contribution in [3.63, 3.8) is 0 Å². The smallest absolute Gasteiger partial charge is 0.258 e. The molecule has 3 aliphatic rings. The molecule has 1 aromatic carbocycles. The van der Waals surface area contributed by atoms with Crippen LogP contribution in [-0.4, -0.2) is 64.8 Å². The molecule has 31 heavy (non-hydrogen) atoms. The van der Waals surface area contributed by atoms with Crippen LogP contribution in [0.4, 0.5) is 0 Å². The number of carbonyl (C=O) groups is 4. The Kier molecular flexibility index (Phi) is 5.60. The van der Waals surface area contributed by atoms with Gasteiger partial charge in [0, 0.05) is 44.8 Å². The number of piperidine rings is 1. The summed E-state index contributed by atoms with van der Waals surface area (Å²) in [4.78, 5) is 53.1. The van der Waals surface area contributed by atoms with E-state index < -0.39 is 11.8 Å². The van der Waals surface area contributed by atoms with Gasteiger partial charge in [0.2, 0.25) is 17.7 Å². The molecule has 0 saturated carbocycles. The standard InChI is InChI=1S/C22H28N4O5/c1-14(21(30)25-11-7-15(8-12-25)19(23)28)26-13-10-22(9-6-18(26)27)24-20(29)16-4-2-3-5-17(16)31-22/h2-5,14-15H,6-13H2,1H3,(H2,23,28)(H,24,29). The number of hydrogen-bond donors (Lipinski definition) is 2. The fourth-order valence-corrected chi connectivity index (χ4v) is 4.68. The Morgan fingerprint density at radius 2 is 1.87 bits per heavy atom. The van der Waals surface area contributed by atoms with Crippen molar-refractivity contribution in [1.82, 2.24) is 15.1 Å². The van der Waals surface area contributed by atoms with Gasteiger partial charge < -0.3 is 25.6 Å². The first-order valence-corrected chi connectivity index (χ1v) is 10.8. The molecule has 0 aliphatic carbocycles. The Hall–Kier alpha value is -3.10. The number of likely N-dealkylation sites (tertiary alicyclic amines) is 2. The van der Waals surface area contributed by atoms with Crippen molar-refractivity contribution in [1.29, 1.82) is 0 Å². The number of fused-ring (bicyclic) bond motifs is 1. The zero-order valence-electron chi connectivity index (χ0n) is 17.6. The quantitative estimate of drug-likeness (QED) is 0.731. The molecule has 2 fully saturated rings. The van der Waals surface area contributed by atoms with Gasteiger partial charge in [-0.2, -0.15) is 0 Å². The fraction of sp³-hybridized carbons (Fsp3) is 0.545. The monoisotopic (exact) mass is 428 g/mol. The van der Waals surface area contributed by atoms with Crippen molar-refractivity contribution < 1.29 is 23.9 Å². The van der Waals surface area contributed by atoms with Crippen LogP contribution in [0.3, 0.4) is 0 Å². The molecule has 166 valence electrons. The zero-order chi connectivity index (χ0) is 22.2. The highest BCUT2D eigenvalue weighted by atomic mass is 16.5. The van der Waals surface area contributed by atoms with Crippen molar-refractivity contribution in [2.24, 2.45) is 11.7 Å². The van der Waals surface area contributed by atoms with Crippen LogP contribution < -0.4 is 15.8 Å². The van der Waals surface area contributed by atoms with E-state index in [0.717, 1.165) is 0 Å². The Morgan fingerprint density at radius 3 is 2.58 bits per heavy atom. The SMILES string of the molecule is CC(C(=O)N1CCC(C(N)=O)CC1)N1CCC2(CCC1=O)NC(=O)c1ccccc1O2. The minimum absolute atomic E-state index is 0.133. The minimum atomic E-state index is -0.960. The summed E-state index contributed by atoms with van der Waals surface area (Å²) >= 11 is 0. The van der Waals surface area contributed by atoms with Gasteiger partial charge >= 0.3 is 0 Å². The van der Waals surface area contributed by atoms with Gasteiger partial charge in [-0.1, -0.05) is 12.1 Å². The van der Waals surface area contributed by atoms with Crippen LogP contribution in [0.25, 0.3) is 0 Å². The summed E-state index contributed by atoms with van der Waals surface area (Å²) in [7, 11) is 0. The molecule has 9 heteroatoms. The van der Waals surface area contributed by atoms with Gasteiger partial charge in [-0.3, -0.25) is 19.2 Å². The third kappa shape index (κ3) is 4.08. The Morgan fingerprint density at radius 1 is 1.16 bits per heavy atom. The molecule has 0 aromatic heterocycles. The number of rotatable bonds is 3. The number of benzene rings is 1. The first-order chi connectivity index (χ1) is 14.8. The lowest BCUT2D eigenvalue weighted by Crippen LogP contribution is -2.56. The first kappa shape index (κ1) is 21.1. The number of primary amides is 1. The van der Waals surface area contributed by atoms with Crippen LogP contribution in [0, 0.1) is 5.92 Å². The molecular formula is C22H28N4O5. The number of amides is 4. The molecule has 3 N–H and O–H groups in total. The normalized spacial score (nSPS) is 25.3. The Balaban J connectivity index is 1.43. The number of carbonyl (C=O) groups excluding carboxylic acids is 4. The van der Waals surface area contributed by atoms with Crippen LogP contribution in [0.1, 0.15) is 49.4 Å². The van der Waals surface area contributed by atoms with E-state index in [1.165, 1.54) is 0 Å². The van der Waals surface area contributed by atoms with Crippen molar-refractivity contribution >= 4 is 23.6 Å². The highest BCUT2D eigenvalue weighted by molar-refractivity contribution is 5.98. The molecule has 3 heterocycles. The predicted molar refractivity (Wildman–Crippen MR) is 111 cm³/mol. The van der Waals surface area contributed by atoms with E-state index in [2.05, 4.69) is 5.32 Å². The van der Waals surface area contributed by atoms with E-state index >= 15 is 0 Å². The molecular weight excluding hydrogens is 400 g/mol. The second-order valence-corrected chi connectivity index (χ2v) is 8.56. The predicted octanol–water partition coefficient (Wildman–Crippen LogP) is 0.630. The number of para-hydroxylation sites is 1. The summed E-state index contributed by atoms with van der Waals surface area (Å²) in [6.07, 6.45) is 1.99. The lowest BCUT2D eigenvalue weighted by atomic mass is 9.96. The first-order valence-electron chi connectivity index (χ1n) is 10.8. The Bertz CT molecular complexity index is 911. The minimum Gasteiger partial charge on any atom is -0.467 e. The molecule has 0 bridgehead atoms. The van der Waals surface area contributed by atoms with Crippen LogP contribution in [0.2, 0.25) is 0 Å². The molecule has 2 unspecified atom stereocenters. The van der Waals surface area contributed by atoms with Gasteiger partial charge in [0.1, 0.15) is 11.8 Å². The van der Waals surface area contributed by atoms with E-state index in [1.807, 2.05) is 0 Å². The van der Waals surface area contributed by atoms with Gasteiger partial charge in [0.25, 0.3) is 5.91 Å². The van der Waals surface area contributed by atoms with Gasteiger partial charge in [-0.15, -0.1) is 0 Å². The van der Waals surface area contributed by atoms with Crippen LogP contribution in [0.15, 0.2) is 24.3 Å². The lowest BCUT2D eigenvalue weighted by Gasteiger charge is -2.39. The molecule has 0 radical (unpaired) electrons. The second kappa shape index (κ2) is 8.20. The number of nitrogens with zero attached hydrogens (tertiary/aromatic N) is 2. The lowest BCUT2D eigenvalue weighted by molar-refractivity contribution is -0.146.